The summed E-state index contributed by atoms with van der Waals surface area (Å²) in [6, 6.07) is 5.09. The van der Waals surface area contributed by atoms with Gasteiger partial charge in [-0.15, -0.1) is 0 Å². The van der Waals surface area contributed by atoms with Crippen LogP contribution in [0, 0.1) is 13.8 Å². The van der Waals surface area contributed by atoms with E-state index in [0.717, 1.165) is 11.4 Å². The molecule has 1 amide bonds. The Balaban J connectivity index is 2.36. The summed E-state index contributed by atoms with van der Waals surface area (Å²) in [6.45, 7) is 3.64. The number of aryl methyl sites for hydroxylation is 2. The second-order valence-corrected chi connectivity index (χ2v) is 4.19. The van der Waals surface area contributed by atoms with E-state index in [1.165, 1.54) is 7.11 Å². The van der Waals surface area contributed by atoms with Crippen molar-refractivity contribution in [2.45, 2.75) is 13.8 Å². The van der Waals surface area contributed by atoms with Crippen LogP contribution >= 0.6 is 0 Å². The number of anilines is 2. The van der Waals surface area contributed by atoms with Crippen LogP contribution < -0.4 is 15.8 Å². The second kappa shape index (κ2) is 5.01. The van der Waals surface area contributed by atoms with E-state index in [0.29, 0.717) is 22.7 Å². The maximum atomic E-state index is 12.3. The fraction of sp³-hybridized carbons (Fsp3) is 0.231. The van der Waals surface area contributed by atoms with Crippen molar-refractivity contribution in [1.82, 2.24) is 10.2 Å². The van der Waals surface area contributed by atoms with Gasteiger partial charge >= 0.3 is 0 Å². The predicted molar refractivity (Wildman–Crippen MR) is 73.4 cm³/mol. The zero-order valence-corrected chi connectivity index (χ0v) is 11.1. The van der Waals surface area contributed by atoms with Gasteiger partial charge in [0.05, 0.1) is 24.2 Å². The van der Waals surface area contributed by atoms with E-state index in [-0.39, 0.29) is 5.91 Å². The molecule has 0 aliphatic carbocycles. The van der Waals surface area contributed by atoms with E-state index in [1.807, 2.05) is 13.8 Å². The number of H-pyrrole nitrogens is 1. The minimum absolute atomic E-state index is 0.317. The number of ether oxygens (including phenoxy) is 1. The SMILES string of the molecule is COc1cccc(N)c1C(=O)Nc1c(C)n[nH]c1C. The lowest BCUT2D eigenvalue weighted by Crippen LogP contribution is -2.16. The van der Waals surface area contributed by atoms with E-state index >= 15 is 0 Å². The number of nitrogen functional groups attached to an aromatic ring is 1. The molecule has 4 N–H and O–H groups in total. The minimum Gasteiger partial charge on any atom is -0.496 e. The fourth-order valence-corrected chi connectivity index (χ4v) is 1.87. The molecule has 100 valence electrons. The molecule has 1 aromatic heterocycles. The molecule has 0 radical (unpaired) electrons. The number of nitrogens with one attached hydrogen (secondary N) is 2. The minimum atomic E-state index is -0.317. The molecule has 19 heavy (non-hydrogen) atoms. The van der Waals surface area contributed by atoms with Crippen LogP contribution in [0.5, 0.6) is 5.75 Å². The number of benzene rings is 1. The van der Waals surface area contributed by atoms with Gasteiger partial charge in [0.25, 0.3) is 5.91 Å². The van der Waals surface area contributed by atoms with Crippen LogP contribution in [-0.2, 0) is 0 Å². The third-order valence-corrected chi connectivity index (χ3v) is 2.87. The van der Waals surface area contributed by atoms with Gasteiger partial charge in [0.2, 0.25) is 0 Å². The van der Waals surface area contributed by atoms with Gasteiger partial charge in [0.15, 0.2) is 0 Å². The van der Waals surface area contributed by atoms with Gasteiger partial charge < -0.3 is 15.8 Å². The average molecular weight is 260 g/mol. The number of hydrogen-bond acceptors (Lipinski definition) is 4. The highest BCUT2D eigenvalue weighted by molar-refractivity contribution is 6.10. The molecular formula is C13H16N4O2. The number of nitrogens with two attached hydrogens (primary N) is 1. The van der Waals surface area contributed by atoms with Crippen LogP contribution in [0.1, 0.15) is 21.7 Å². The summed E-state index contributed by atoms with van der Waals surface area (Å²) in [4.78, 5) is 12.3. The van der Waals surface area contributed by atoms with Crippen molar-refractivity contribution in [3.63, 3.8) is 0 Å². The van der Waals surface area contributed by atoms with E-state index in [9.17, 15) is 4.79 Å². The first-order chi connectivity index (χ1) is 9.04. The largest absolute Gasteiger partial charge is 0.496 e. The molecule has 0 spiro atoms. The predicted octanol–water partition coefficient (Wildman–Crippen LogP) is 1.87. The Kier molecular flexibility index (Phi) is 3.41. The van der Waals surface area contributed by atoms with Crippen LogP contribution in [0.25, 0.3) is 0 Å². The van der Waals surface area contributed by atoms with Crippen molar-refractivity contribution in [2.24, 2.45) is 0 Å². The maximum absolute atomic E-state index is 12.3. The van der Waals surface area contributed by atoms with E-state index in [1.54, 1.807) is 18.2 Å². The van der Waals surface area contributed by atoms with Crippen molar-refractivity contribution < 1.29 is 9.53 Å². The van der Waals surface area contributed by atoms with E-state index in [4.69, 9.17) is 10.5 Å². The summed E-state index contributed by atoms with van der Waals surface area (Å²) in [7, 11) is 1.50. The summed E-state index contributed by atoms with van der Waals surface area (Å²) in [5, 5.41) is 9.63. The summed E-state index contributed by atoms with van der Waals surface area (Å²) in [6.07, 6.45) is 0. The Bertz CT molecular complexity index is 600. The number of rotatable bonds is 3. The lowest BCUT2D eigenvalue weighted by molar-refractivity contribution is 0.102. The van der Waals surface area contributed by atoms with Crippen molar-refractivity contribution in [3.05, 3.63) is 35.2 Å². The molecular weight excluding hydrogens is 244 g/mol. The Hall–Kier alpha value is -2.50. The molecule has 1 heterocycles. The molecule has 2 aromatic rings. The first-order valence-corrected chi connectivity index (χ1v) is 5.80. The number of amides is 1. The monoisotopic (exact) mass is 260 g/mol. The standard InChI is InChI=1S/C13H16N4O2/c1-7-12(8(2)17-16-7)15-13(18)11-9(14)5-4-6-10(11)19-3/h4-6H,14H2,1-3H3,(H,15,18)(H,16,17). The number of aromatic nitrogens is 2. The number of nitrogens with zero attached hydrogens (tertiary/aromatic N) is 1. The highest BCUT2D eigenvalue weighted by Gasteiger charge is 2.18. The topological polar surface area (TPSA) is 93.0 Å². The molecule has 0 unspecified atom stereocenters. The summed E-state index contributed by atoms with van der Waals surface area (Å²) < 4.78 is 5.16. The number of carbonyl (C=O) groups is 1. The number of aromatic amines is 1. The molecule has 0 saturated carbocycles. The van der Waals surface area contributed by atoms with E-state index in [2.05, 4.69) is 15.5 Å². The molecule has 0 aliphatic heterocycles. The van der Waals surface area contributed by atoms with Crippen LogP contribution in [0.2, 0.25) is 0 Å². The first kappa shape index (κ1) is 12.9. The zero-order chi connectivity index (χ0) is 14.0. The van der Waals surface area contributed by atoms with Gasteiger partial charge in [-0.05, 0) is 26.0 Å². The van der Waals surface area contributed by atoms with Crippen molar-refractivity contribution in [3.8, 4) is 5.75 Å². The molecule has 0 aliphatic rings. The van der Waals surface area contributed by atoms with Crippen LogP contribution in [0.4, 0.5) is 11.4 Å². The lowest BCUT2D eigenvalue weighted by Gasteiger charge is -2.11. The summed E-state index contributed by atoms with van der Waals surface area (Å²) >= 11 is 0. The lowest BCUT2D eigenvalue weighted by atomic mass is 10.1. The van der Waals surface area contributed by atoms with Crippen LogP contribution in [0.15, 0.2) is 18.2 Å². The number of carbonyl (C=O) groups excluding carboxylic acids is 1. The third kappa shape index (κ3) is 2.37. The number of hydrogen-bond donors (Lipinski definition) is 3. The highest BCUT2D eigenvalue weighted by Crippen LogP contribution is 2.26. The van der Waals surface area contributed by atoms with Gasteiger partial charge in [0.1, 0.15) is 11.3 Å². The normalized spacial score (nSPS) is 10.3. The average Bonchev–Trinajstić information content (AvgIpc) is 2.70. The third-order valence-electron chi connectivity index (χ3n) is 2.87. The smallest absolute Gasteiger partial charge is 0.261 e. The maximum Gasteiger partial charge on any atom is 0.261 e. The molecule has 0 saturated heterocycles. The molecule has 0 atom stereocenters. The van der Waals surface area contributed by atoms with Crippen LogP contribution in [0.3, 0.4) is 0 Å². The van der Waals surface area contributed by atoms with Crippen molar-refractivity contribution in [1.29, 1.82) is 0 Å². The Morgan fingerprint density at radius 2 is 2.16 bits per heavy atom. The Labute approximate surface area is 111 Å². The Morgan fingerprint density at radius 3 is 2.74 bits per heavy atom. The molecule has 0 fully saturated rings. The first-order valence-electron chi connectivity index (χ1n) is 5.80. The quantitative estimate of drug-likeness (QED) is 0.734. The van der Waals surface area contributed by atoms with Gasteiger partial charge in [0, 0.05) is 5.69 Å². The van der Waals surface area contributed by atoms with Gasteiger partial charge in [-0.25, -0.2) is 0 Å². The molecule has 2 rings (SSSR count). The molecule has 6 nitrogen and oxygen atoms in total. The fourth-order valence-electron chi connectivity index (χ4n) is 1.87. The van der Waals surface area contributed by atoms with E-state index < -0.39 is 0 Å². The van der Waals surface area contributed by atoms with Gasteiger partial charge in [-0.2, -0.15) is 5.10 Å². The van der Waals surface area contributed by atoms with Gasteiger partial charge in [-0.1, -0.05) is 6.07 Å². The second-order valence-electron chi connectivity index (χ2n) is 4.19. The van der Waals surface area contributed by atoms with Crippen molar-refractivity contribution >= 4 is 17.3 Å². The molecule has 0 bridgehead atoms. The van der Waals surface area contributed by atoms with Crippen LogP contribution in [-0.4, -0.2) is 23.2 Å². The highest BCUT2D eigenvalue weighted by atomic mass is 16.5. The summed E-state index contributed by atoms with van der Waals surface area (Å²) in [5.41, 5.74) is 8.71. The number of methoxy groups -OCH3 is 1. The van der Waals surface area contributed by atoms with Gasteiger partial charge in [-0.3, -0.25) is 9.89 Å². The molecule has 1 aromatic carbocycles. The van der Waals surface area contributed by atoms with Crippen molar-refractivity contribution in [2.75, 3.05) is 18.2 Å². The Morgan fingerprint density at radius 1 is 1.42 bits per heavy atom. The zero-order valence-electron chi connectivity index (χ0n) is 11.1. The summed E-state index contributed by atoms with van der Waals surface area (Å²) in [5.74, 6) is 0.124. The molecule has 6 heteroatoms.